The molecule has 36 heavy (non-hydrogen) atoms. The molecule has 0 fully saturated rings. The van der Waals surface area contributed by atoms with Crippen molar-refractivity contribution in [3.8, 4) is 5.75 Å². The van der Waals surface area contributed by atoms with E-state index < -0.39 is 0 Å². The van der Waals surface area contributed by atoms with Crippen LogP contribution in [-0.4, -0.2) is 15.1 Å². The summed E-state index contributed by atoms with van der Waals surface area (Å²) in [7, 11) is 0. The average molecular weight is 466 g/mol. The second-order valence-corrected chi connectivity index (χ2v) is 9.13. The second-order valence-electron chi connectivity index (χ2n) is 9.13. The molecule has 6 aromatic rings. The number of pyridine rings is 1. The summed E-state index contributed by atoms with van der Waals surface area (Å²) in [4.78, 5) is 10.9. The van der Waals surface area contributed by atoms with Gasteiger partial charge in [0, 0.05) is 39.3 Å². The van der Waals surface area contributed by atoms with Crippen molar-refractivity contribution in [1.29, 1.82) is 0 Å². The predicted octanol–water partition coefficient (Wildman–Crippen LogP) is 7.53. The lowest BCUT2D eigenvalue weighted by molar-refractivity contribution is 0.476. The monoisotopic (exact) mass is 465 g/mol. The Bertz CT molecular complexity index is 1750. The fourth-order valence-corrected chi connectivity index (χ4v) is 5.33. The fourth-order valence-electron chi connectivity index (χ4n) is 5.33. The van der Waals surface area contributed by atoms with E-state index in [-0.39, 0.29) is 11.8 Å². The molecule has 4 aromatic carbocycles. The van der Waals surface area contributed by atoms with Crippen LogP contribution < -0.4 is 4.90 Å². The average Bonchev–Trinajstić information content (AvgIpc) is 3.34. The van der Waals surface area contributed by atoms with Crippen molar-refractivity contribution in [1.82, 2.24) is 9.97 Å². The highest BCUT2D eigenvalue weighted by Gasteiger charge is 2.34. The number of rotatable bonds is 3. The SMILES string of the molecule is Oc1ccc2[nH]cc(C3c4cc5ccccc5nc4C=C(c4ccccc4)N3c3ccccc3)c2c1. The third-order valence-electron chi connectivity index (χ3n) is 6.97. The van der Waals surface area contributed by atoms with Gasteiger partial charge >= 0.3 is 0 Å². The zero-order valence-electron chi connectivity index (χ0n) is 19.5. The van der Waals surface area contributed by atoms with Crippen LogP contribution >= 0.6 is 0 Å². The van der Waals surface area contributed by atoms with E-state index in [0.29, 0.717) is 0 Å². The molecule has 1 unspecified atom stereocenters. The lowest BCUT2D eigenvalue weighted by atomic mass is 9.88. The summed E-state index contributed by atoms with van der Waals surface area (Å²) in [5, 5.41) is 12.5. The van der Waals surface area contributed by atoms with E-state index in [9.17, 15) is 5.11 Å². The number of phenolic OH excluding ortho intramolecular Hbond substituents is 1. The summed E-state index contributed by atoms with van der Waals surface area (Å²) in [6.45, 7) is 0. The first-order valence-corrected chi connectivity index (χ1v) is 12.1. The lowest BCUT2D eigenvalue weighted by Crippen LogP contribution is -2.31. The molecule has 0 radical (unpaired) electrons. The number of hydrogen-bond acceptors (Lipinski definition) is 3. The van der Waals surface area contributed by atoms with E-state index in [1.165, 1.54) is 0 Å². The van der Waals surface area contributed by atoms with Gasteiger partial charge < -0.3 is 15.0 Å². The summed E-state index contributed by atoms with van der Waals surface area (Å²) < 4.78 is 0. The minimum atomic E-state index is -0.157. The maximum Gasteiger partial charge on any atom is 0.116 e. The molecule has 1 atom stereocenters. The van der Waals surface area contributed by atoms with E-state index in [0.717, 1.165) is 55.6 Å². The van der Waals surface area contributed by atoms with Crippen LogP contribution in [-0.2, 0) is 0 Å². The maximum atomic E-state index is 10.4. The second kappa shape index (κ2) is 8.14. The van der Waals surface area contributed by atoms with Crippen LogP contribution in [0.2, 0.25) is 0 Å². The van der Waals surface area contributed by atoms with Crippen molar-refractivity contribution in [3.05, 3.63) is 138 Å². The van der Waals surface area contributed by atoms with Crippen LogP contribution in [0.5, 0.6) is 5.75 Å². The molecule has 0 spiro atoms. The molecule has 3 heterocycles. The number of aromatic nitrogens is 2. The standard InChI is InChI=1S/C32H23N3O/c36-24-15-16-29-25(18-24)27(20-33-29)32-26-17-22-11-7-8-14-28(22)34-30(26)19-31(21-9-3-1-4-10-21)35(32)23-12-5-2-6-13-23/h1-20,32-33,36H. The Balaban J connectivity index is 1.58. The number of hydrogen-bond donors (Lipinski definition) is 2. The summed E-state index contributed by atoms with van der Waals surface area (Å²) in [6, 6.07) is 36.8. The molecular formula is C32H23N3O. The first-order chi connectivity index (χ1) is 17.8. The highest BCUT2D eigenvalue weighted by Crippen LogP contribution is 2.47. The number of aromatic amines is 1. The van der Waals surface area contributed by atoms with Gasteiger partial charge in [0.1, 0.15) is 5.75 Å². The van der Waals surface area contributed by atoms with Gasteiger partial charge in [-0.05, 0) is 54.1 Å². The van der Waals surface area contributed by atoms with Crippen molar-refractivity contribution in [2.45, 2.75) is 6.04 Å². The van der Waals surface area contributed by atoms with Crippen LogP contribution in [0.25, 0.3) is 33.6 Å². The Morgan fingerprint density at radius 1 is 0.750 bits per heavy atom. The van der Waals surface area contributed by atoms with Crippen LogP contribution in [0.4, 0.5) is 5.69 Å². The highest BCUT2D eigenvalue weighted by molar-refractivity contribution is 5.97. The molecule has 4 nitrogen and oxygen atoms in total. The summed E-state index contributed by atoms with van der Waals surface area (Å²) in [5.74, 6) is 0.251. The van der Waals surface area contributed by atoms with Crippen LogP contribution in [0.3, 0.4) is 0 Å². The van der Waals surface area contributed by atoms with Gasteiger partial charge in [-0.15, -0.1) is 0 Å². The van der Waals surface area contributed by atoms with Gasteiger partial charge in [0.25, 0.3) is 0 Å². The van der Waals surface area contributed by atoms with E-state index in [1.54, 1.807) is 6.07 Å². The van der Waals surface area contributed by atoms with Gasteiger partial charge in [0.05, 0.1) is 22.9 Å². The van der Waals surface area contributed by atoms with Crippen molar-refractivity contribution in [3.63, 3.8) is 0 Å². The zero-order valence-corrected chi connectivity index (χ0v) is 19.5. The number of anilines is 1. The molecule has 0 bridgehead atoms. The number of H-pyrrole nitrogens is 1. The largest absolute Gasteiger partial charge is 0.508 e. The van der Waals surface area contributed by atoms with E-state index in [1.807, 2.05) is 30.3 Å². The Kier molecular flexibility index (Phi) is 4.64. The van der Waals surface area contributed by atoms with Crippen LogP contribution in [0.1, 0.15) is 28.4 Å². The Morgan fingerprint density at radius 2 is 1.50 bits per heavy atom. The molecule has 1 aliphatic rings. The Morgan fingerprint density at radius 3 is 2.33 bits per heavy atom. The number of aromatic hydroxyl groups is 1. The summed E-state index contributed by atoms with van der Waals surface area (Å²) in [6.07, 6.45) is 4.27. The molecular weight excluding hydrogens is 442 g/mol. The number of fused-ring (bicyclic) bond motifs is 3. The third-order valence-corrected chi connectivity index (χ3v) is 6.97. The molecule has 0 amide bonds. The van der Waals surface area contributed by atoms with E-state index >= 15 is 0 Å². The number of para-hydroxylation sites is 2. The molecule has 2 N–H and O–H groups in total. The Labute approximate surface area is 208 Å². The minimum absolute atomic E-state index is 0.157. The van der Waals surface area contributed by atoms with Gasteiger partial charge in [0.15, 0.2) is 0 Å². The number of phenols is 1. The van der Waals surface area contributed by atoms with Gasteiger partial charge in [-0.25, -0.2) is 4.98 Å². The van der Waals surface area contributed by atoms with Crippen molar-refractivity contribution >= 4 is 39.3 Å². The van der Waals surface area contributed by atoms with E-state index in [2.05, 4.69) is 95.0 Å². The highest BCUT2D eigenvalue weighted by atomic mass is 16.3. The molecule has 4 heteroatoms. The molecule has 7 rings (SSSR count). The first kappa shape index (κ1) is 20.5. The molecule has 1 aliphatic heterocycles. The predicted molar refractivity (Wildman–Crippen MR) is 147 cm³/mol. The quantitative estimate of drug-likeness (QED) is 0.284. The number of nitrogens with zero attached hydrogens (tertiary/aromatic N) is 2. The van der Waals surface area contributed by atoms with Crippen LogP contribution in [0.15, 0.2) is 115 Å². The first-order valence-electron chi connectivity index (χ1n) is 12.1. The third kappa shape index (κ3) is 3.27. The summed E-state index contributed by atoms with van der Waals surface area (Å²) >= 11 is 0. The van der Waals surface area contributed by atoms with Gasteiger partial charge in [-0.3, -0.25) is 0 Å². The van der Waals surface area contributed by atoms with Gasteiger partial charge in [-0.2, -0.15) is 0 Å². The summed E-state index contributed by atoms with van der Waals surface area (Å²) in [5.41, 5.74) is 8.42. The van der Waals surface area contributed by atoms with E-state index in [4.69, 9.17) is 4.98 Å². The number of benzene rings is 4. The molecule has 0 aliphatic carbocycles. The molecule has 172 valence electrons. The molecule has 0 saturated carbocycles. The molecule has 0 saturated heterocycles. The normalized spacial score (nSPS) is 15.2. The molecule has 2 aromatic heterocycles. The van der Waals surface area contributed by atoms with Crippen molar-refractivity contribution in [2.24, 2.45) is 0 Å². The smallest absolute Gasteiger partial charge is 0.116 e. The minimum Gasteiger partial charge on any atom is -0.508 e. The van der Waals surface area contributed by atoms with Gasteiger partial charge in [-0.1, -0.05) is 66.7 Å². The topological polar surface area (TPSA) is 52.1 Å². The van der Waals surface area contributed by atoms with Crippen molar-refractivity contribution in [2.75, 3.05) is 4.90 Å². The number of nitrogens with one attached hydrogen (secondary N) is 1. The van der Waals surface area contributed by atoms with Gasteiger partial charge in [0.2, 0.25) is 0 Å². The van der Waals surface area contributed by atoms with Crippen LogP contribution in [0, 0.1) is 0 Å². The maximum absolute atomic E-state index is 10.4. The lowest BCUT2D eigenvalue weighted by Gasteiger charge is -2.39. The fraction of sp³-hybridized carbons (Fsp3) is 0.0312. The Hall–Kier alpha value is -4.83. The van der Waals surface area contributed by atoms with Crippen molar-refractivity contribution < 1.29 is 5.11 Å². The zero-order chi connectivity index (χ0) is 24.1.